The number of carbonyl (C=O) groups is 2. The van der Waals surface area contributed by atoms with Gasteiger partial charge in [0.05, 0.1) is 0 Å². The van der Waals surface area contributed by atoms with E-state index >= 15 is 0 Å². The van der Waals surface area contributed by atoms with E-state index in [0.717, 1.165) is 30.6 Å². The third kappa shape index (κ3) is 6.07. The maximum Gasteiger partial charge on any atom is 0.319 e. The predicted octanol–water partition coefficient (Wildman–Crippen LogP) is 4.99. The highest BCUT2D eigenvalue weighted by molar-refractivity contribution is 6.05. The van der Waals surface area contributed by atoms with E-state index in [1.807, 2.05) is 18.2 Å². The second-order valence-corrected chi connectivity index (χ2v) is 8.77. The molecule has 0 bridgehead atoms. The molecule has 6 heteroatoms. The second kappa shape index (κ2) is 9.96. The molecule has 0 spiro atoms. The summed E-state index contributed by atoms with van der Waals surface area (Å²) >= 11 is 0. The van der Waals surface area contributed by atoms with Gasteiger partial charge in [-0.3, -0.25) is 9.69 Å². The number of carbonyl (C=O) groups excluding carboxylic acids is 2. The van der Waals surface area contributed by atoms with Gasteiger partial charge in [0.1, 0.15) is 0 Å². The molecule has 0 unspecified atom stereocenters. The van der Waals surface area contributed by atoms with Gasteiger partial charge in [-0.2, -0.15) is 0 Å². The molecular weight excluding hydrogens is 388 g/mol. The Hall–Kier alpha value is -2.86. The van der Waals surface area contributed by atoms with Crippen molar-refractivity contribution in [1.82, 2.24) is 10.2 Å². The third-order valence-corrected chi connectivity index (χ3v) is 6.20. The summed E-state index contributed by atoms with van der Waals surface area (Å²) < 4.78 is 0. The molecule has 0 saturated heterocycles. The Balaban J connectivity index is 1.36. The molecule has 2 aliphatic carbocycles. The Morgan fingerprint density at radius 1 is 0.903 bits per heavy atom. The molecule has 3 amide bonds. The highest BCUT2D eigenvalue weighted by Gasteiger charge is 2.23. The molecule has 6 nitrogen and oxygen atoms in total. The number of rotatable bonds is 7. The maximum atomic E-state index is 12.8. The highest BCUT2D eigenvalue weighted by Crippen LogP contribution is 2.25. The number of anilines is 2. The van der Waals surface area contributed by atoms with Crippen LogP contribution in [0.2, 0.25) is 0 Å². The van der Waals surface area contributed by atoms with Gasteiger partial charge in [0.15, 0.2) is 0 Å². The van der Waals surface area contributed by atoms with E-state index in [9.17, 15) is 9.59 Å². The molecule has 0 atom stereocenters. The van der Waals surface area contributed by atoms with Crippen LogP contribution in [0.4, 0.5) is 16.2 Å². The maximum absolute atomic E-state index is 12.8. The van der Waals surface area contributed by atoms with Crippen molar-refractivity contribution in [2.24, 2.45) is 0 Å². The van der Waals surface area contributed by atoms with Crippen molar-refractivity contribution >= 4 is 23.3 Å². The van der Waals surface area contributed by atoms with Crippen LogP contribution in [0.15, 0.2) is 48.5 Å². The van der Waals surface area contributed by atoms with Crippen molar-refractivity contribution < 1.29 is 9.59 Å². The first-order chi connectivity index (χ1) is 15.1. The molecule has 3 N–H and O–H groups in total. The molecule has 2 aromatic carbocycles. The number of urea groups is 1. The summed E-state index contributed by atoms with van der Waals surface area (Å²) in [6.07, 6.45) is 8.56. The lowest BCUT2D eigenvalue weighted by atomic mass is 9.94. The summed E-state index contributed by atoms with van der Waals surface area (Å²) in [5, 5.41) is 8.75. The quantitative estimate of drug-likeness (QED) is 0.591. The molecule has 0 aromatic heterocycles. The summed E-state index contributed by atoms with van der Waals surface area (Å²) in [5.74, 6) is -0.151. The minimum absolute atomic E-state index is 0.151. The molecule has 4 rings (SSSR count). The lowest BCUT2D eigenvalue weighted by Crippen LogP contribution is -2.33. The SMILES string of the molecule is CN(Cc1ccccc1NC(=O)c1ccc(NC(=O)NC2CC2)cc1)C1CCCCC1. The zero-order valence-corrected chi connectivity index (χ0v) is 18.2. The molecule has 164 valence electrons. The normalized spacial score (nSPS) is 16.7. The number of hydrogen-bond donors (Lipinski definition) is 3. The molecule has 0 aliphatic heterocycles. The fourth-order valence-electron chi connectivity index (χ4n) is 4.18. The van der Waals surface area contributed by atoms with Crippen molar-refractivity contribution in [3.05, 3.63) is 59.7 Å². The molecular formula is C25H32N4O2. The standard InChI is InChI=1S/C25H32N4O2/c1-29(22-8-3-2-4-9-22)17-19-7-5-6-10-23(19)28-24(30)18-11-13-20(14-12-18)26-25(31)27-21-15-16-21/h5-7,10-14,21-22H,2-4,8-9,15-17H2,1H3,(H,28,30)(H2,26,27,31). The summed E-state index contributed by atoms with van der Waals surface area (Å²) in [5.41, 5.74) is 3.20. The first-order valence-corrected chi connectivity index (χ1v) is 11.4. The average Bonchev–Trinajstić information content (AvgIpc) is 3.60. The summed E-state index contributed by atoms with van der Waals surface area (Å²) in [4.78, 5) is 27.1. The van der Waals surface area contributed by atoms with Crippen LogP contribution in [0.5, 0.6) is 0 Å². The van der Waals surface area contributed by atoms with Crippen LogP contribution in [0.25, 0.3) is 0 Å². The van der Waals surface area contributed by atoms with E-state index in [1.54, 1.807) is 24.3 Å². The lowest BCUT2D eigenvalue weighted by Gasteiger charge is -2.31. The third-order valence-electron chi connectivity index (χ3n) is 6.20. The van der Waals surface area contributed by atoms with Crippen LogP contribution in [0.3, 0.4) is 0 Å². The van der Waals surface area contributed by atoms with Gasteiger partial charge in [0.2, 0.25) is 0 Å². The molecule has 2 fully saturated rings. The number of para-hydroxylation sites is 1. The first-order valence-electron chi connectivity index (χ1n) is 11.4. The van der Waals surface area contributed by atoms with Gasteiger partial charge in [-0.25, -0.2) is 4.79 Å². The fraction of sp³-hybridized carbons (Fsp3) is 0.440. The van der Waals surface area contributed by atoms with Crippen LogP contribution in [0, 0.1) is 0 Å². The molecule has 31 heavy (non-hydrogen) atoms. The van der Waals surface area contributed by atoms with Gasteiger partial charge in [-0.05, 0) is 68.6 Å². The van der Waals surface area contributed by atoms with Gasteiger partial charge >= 0.3 is 6.03 Å². The average molecular weight is 421 g/mol. The van der Waals surface area contributed by atoms with Crippen molar-refractivity contribution in [2.75, 3.05) is 17.7 Å². The summed E-state index contributed by atoms with van der Waals surface area (Å²) in [6, 6.07) is 15.7. The Labute approximate surface area is 184 Å². The number of benzene rings is 2. The number of nitrogens with one attached hydrogen (secondary N) is 3. The fourth-order valence-corrected chi connectivity index (χ4v) is 4.18. The largest absolute Gasteiger partial charge is 0.335 e. The zero-order valence-electron chi connectivity index (χ0n) is 18.2. The Kier molecular flexibility index (Phi) is 6.87. The minimum atomic E-state index is -0.198. The Morgan fingerprint density at radius 3 is 2.32 bits per heavy atom. The van der Waals surface area contributed by atoms with Crippen LogP contribution < -0.4 is 16.0 Å². The predicted molar refractivity (Wildman–Crippen MR) is 124 cm³/mol. The van der Waals surface area contributed by atoms with Crippen molar-refractivity contribution in [3.8, 4) is 0 Å². The van der Waals surface area contributed by atoms with Crippen LogP contribution in [-0.4, -0.2) is 36.0 Å². The lowest BCUT2D eigenvalue weighted by molar-refractivity contribution is 0.102. The van der Waals surface area contributed by atoms with Crippen molar-refractivity contribution in [3.63, 3.8) is 0 Å². The molecule has 2 saturated carbocycles. The van der Waals surface area contributed by atoms with Crippen molar-refractivity contribution in [1.29, 1.82) is 0 Å². The number of nitrogens with zero attached hydrogens (tertiary/aromatic N) is 1. The van der Waals surface area contributed by atoms with E-state index < -0.39 is 0 Å². The Bertz CT molecular complexity index is 902. The van der Waals surface area contributed by atoms with Crippen molar-refractivity contribution in [2.45, 2.75) is 63.6 Å². The second-order valence-electron chi connectivity index (χ2n) is 8.77. The first kappa shape index (κ1) is 21.4. The van der Waals surface area contributed by atoms with Gasteiger partial charge in [-0.1, -0.05) is 37.5 Å². The minimum Gasteiger partial charge on any atom is -0.335 e. The molecule has 0 radical (unpaired) electrons. The summed E-state index contributed by atoms with van der Waals surface area (Å²) in [7, 11) is 2.18. The molecule has 2 aromatic rings. The number of hydrogen-bond acceptors (Lipinski definition) is 3. The van der Waals surface area contributed by atoms with E-state index in [4.69, 9.17) is 0 Å². The van der Waals surface area contributed by atoms with E-state index in [1.165, 1.54) is 32.1 Å². The number of amides is 3. The topological polar surface area (TPSA) is 73.5 Å². The van der Waals surface area contributed by atoms with Gasteiger partial charge < -0.3 is 16.0 Å². The van der Waals surface area contributed by atoms with Gasteiger partial charge in [-0.15, -0.1) is 0 Å². The van der Waals surface area contributed by atoms with Crippen LogP contribution in [0.1, 0.15) is 60.9 Å². The van der Waals surface area contributed by atoms with Gasteiger partial charge in [0.25, 0.3) is 5.91 Å². The zero-order chi connectivity index (χ0) is 21.6. The monoisotopic (exact) mass is 420 g/mol. The van der Waals surface area contributed by atoms with Crippen LogP contribution >= 0.6 is 0 Å². The van der Waals surface area contributed by atoms with Gasteiger partial charge in [0, 0.05) is 35.6 Å². The Morgan fingerprint density at radius 2 is 1.61 bits per heavy atom. The highest BCUT2D eigenvalue weighted by atomic mass is 16.2. The molecule has 0 heterocycles. The van der Waals surface area contributed by atoms with E-state index in [2.05, 4.69) is 34.0 Å². The van der Waals surface area contributed by atoms with E-state index in [0.29, 0.717) is 23.3 Å². The van der Waals surface area contributed by atoms with E-state index in [-0.39, 0.29) is 11.9 Å². The summed E-state index contributed by atoms with van der Waals surface area (Å²) in [6.45, 7) is 0.820. The van der Waals surface area contributed by atoms with Crippen LogP contribution in [-0.2, 0) is 6.54 Å². The molecule has 2 aliphatic rings. The smallest absolute Gasteiger partial charge is 0.319 e.